The van der Waals surface area contributed by atoms with Gasteiger partial charge in [0.2, 0.25) is 21.6 Å². The van der Waals surface area contributed by atoms with Crippen LogP contribution in [0.25, 0.3) is 21.7 Å². The number of phenolic OH excluding ortho intramolecular Hbond substituents is 1. The van der Waals surface area contributed by atoms with E-state index in [2.05, 4.69) is 15.6 Å². The molecule has 2 aromatic heterocycles. The minimum Gasteiger partial charge on any atom is -0.508 e. The maximum atomic E-state index is 13.8. The normalized spacial score (nSPS) is 16.8. The van der Waals surface area contributed by atoms with E-state index in [0.717, 1.165) is 17.4 Å². The number of nitrogens with one attached hydrogen (secondary N) is 2. The predicted octanol–water partition coefficient (Wildman–Crippen LogP) is 3.74. The number of rotatable bonds is 10. The summed E-state index contributed by atoms with van der Waals surface area (Å²) in [7, 11) is -3.97. The molecule has 1 aliphatic rings. The van der Waals surface area contributed by atoms with Gasteiger partial charge in [-0.25, -0.2) is 22.8 Å². The Kier molecular flexibility index (Phi) is 8.19. The molecule has 3 heterocycles. The number of carbonyl (C=O) groups is 2. The first-order chi connectivity index (χ1) is 20.0. The number of hydrogen-bond donors (Lipinski definition) is 3. The van der Waals surface area contributed by atoms with Crippen molar-refractivity contribution in [3.63, 3.8) is 0 Å². The van der Waals surface area contributed by atoms with Crippen molar-refractivity contribution in [3.8, 4) is 27.4 Å². The second kappa shape index (κ2) is 11.7. The second-order valence-electron chi connectivity index (χ2n) is 10.2. The summed E-state index contributed by atoms with van der Waals surface area (Å²) in [4.78, 5) is 34.6. The smallest absolute Gasteiger partial charge is 0.223 e. The first kappa shape index (κ1) is 29.5. The Balaban J connectivity index is 1.43. The van der Waals surface area contributed by atoms with Crippen molar-refractivity contribution in [2.75, 3.05) is 25.1 Å². The summed E-state index contributed by atoms with van der Waals surface area (Å²) in [5, 5.41) is 16.3. The number of hydrogen-bond acceptors (Lipinski definition) is 11. The number of thiophene rings is 1. The van der Waals surface area contributed by atoms with Gasteiger partial charge >= 0.3 is 0 Å². The van der Waals surface area contributed by atoms with Crippen molar-refractivity contribution in [3.05, 3.63) is 72.7 Å². The Hall–Kier alpha value is -4.04. The first-order valence-corrected chi connectivity index (χ1v) is 15.3. The van der Waals surface area contributed by atoms with Crippen LogP contribution < -0.4 is 10.6 Å². The van der Waals surface area contributed by atoms with E-state index < -0.39 is 33.0 Å². The Morgan fingerprint density at radius 1 is 1.21 bits per heavy atom. The van der Waals surface area contributed by atoms with Crippen LogP contribution >= 0.6 is 11.3 Å². The molecule has 0 bridgehead atoms. The third-order valence-electron chi connectivity index (χ3n) is 7.21. The molecule has 1 unspecified atom stereocenters. The van der Waals surface area contributed by atoms with Crippen molar-refractivity contribution in [2.45, 2.75) is 34.5 Å². The van der Waals surface area contributed by atoms with Crippen molar-refractivity contribution in [1.82, 2.24) is 20.2 Å². The van der Waals surface area contributed by atoms with Crippen LogP contribution in [0.2, 0.25) is 0 Å². The maximum absolute atomic E-state index is 13.8. The van der Waals surface area contributed by atoms with Gasteiger partial charge in [0.1, 0.15) is 15.8 Å². The first-order valence-electron chi connectivity index (χ1n) is 13.0. The molecule has 0 saturated carbocycles. The summed E-state index contributed by atoms with van der Waals surface area (Å²) in [5.41, 5.74) is 1.08. The van der Waals surface area contributed by atoms with Gasteiger partial charge in [0.05, 0.1) is 21.5 Å². The number of benzene rings is 2. The van der Waals surface area contributed by atoms with Crippen LogP contribution in [0.15, 0.2) is 76.0 Å². The quantitative estimate of drug-likeness (QED) is 0.180. The molecule has 10 nitrogen and oxygen atoms in total. The van der Waals surface area contributed by atoms with Crippen LogP contribution in [-0.2, 0) is 19.4 Å². The number of nitrogens with zero attached hydrogens (tertiary/aromatic N) is 3. The number of sulfone groups is 1. The van der Waals surface area contributed by atoms with Gasteiger partial charge in [0, 0.05) is 37.1 Å². The topological polar surface area (TPSA) is 142 Å². The lowest BCUT2D eigenvalue weighted by Crippen LogP contribution is -2.51. The molecule has 1 aliphatic heterocycles. The Bertz CT molecular complexity index is 1760. The molecule has 3 N–H and O–H groups in total. The Morgan fingerprint density at radius 2 is 2.00 bits per heavy atom. The molecule has 218 valence electrons. The average Bonchev–Trinajstić information content (AvgIpc) is 3.58. The molecule has 0 amide bonds. The Morgan fingerprint density at radius 3 is 2.74 bits per heavy atom. The van der Waals surface area contributed by atoms with Crippen LogP contribution in [0, 0.1) is 5.82 Å². The molecular formula is C29H28FN5O5S2. The third kappa shape index (κ3) is 5.81. The van der Waals surface area contributed by atoms with E-state index in [0.29, 0.717) is 53.7 Å². The largest absolute Gasteiger partial charge is 0.508 e. The van der Waals surface area contributed by atoms with Gasteiger partial charge in [-0.15, -0.1) is 11.3 Å². The van der Waals surface area contributed by atoms with Gasteiger partial charge in [-0.1, -0.05) is 18.2 Å². The summed E-state index contributed by atoms with van der Waals surface area (Å²) < 4.78 is 40.2. The molecule has 13 heteroatoms. The minimum atomic E-state index is -3.97. The summed E-state index contributed by atoms with van der Waals surface area (Å²) in [6.07, 6.45) is 1.93. The van der Waals surface area contributed by atoms with E-state index in [1.54, 1.807) is 30.5 Å². The third-order valence-corrected chi connectivity index (χ3v) is 10.5. The number of phenols is 1. The zero-order valence-corrected chi connectivity index (χ0v) is 24.4. The molecule has 0 aliphatic carbocycles. The zero-order chi connectivity index (χ0) is 30.1. The molecule has 1 atom stereocenters. The van der Waals surface area contributed by atoms with E-state index in [4.69, 9.17) is 4.98 Å². The lowest BCUT2D eigenvalue weighted by molar-refractivity contribution is -0.132. The van der Waals surface area contributed by atoms with Gasteiger partial charge in [-0.2, -0.15) is 0 Å². The molecule has 42 heavy (non-hydrogen) atoms. The van der Waals surface area contributed by atoms with Gasteiger partial charge in [0.25, 0.3) is 0 Å². The standard InChI is InChI=1S/C29H28FN5O5S2/c1-29(2)27(23(38)16-36)33-17-35(29)12-11-31-28-32-15-22(18-5-3-7-20(37)13-18)26(34-28)24-9-10-25(41-24)42(39,40)21-8-4-6-19(30)14-21/h3-10,13-16,27,33,37H,11-12,17H2,1-2H3,(H,31,32,34). The van der Waals surface area contributed by atoms with E-state index in [-0.39, 0.29) is 14.9 Å². The SMILES string of the molecule is CC1(C)C(C(=O)C=O)NCN1CCNc1ncc(-c2cccc(O)c2)c(-c2ccc(S(=O)(=O)c3cccc(F)c3)s2)n1. The molecule has 5 rings (SSSR count). The van der Waals surface area contributed by atoms with Gasteiger partial charge in [-0.3, -0.25) is 19.8 Å². The highest BCUT2D eigenvalue weighted by Gasteiger charge is 2.44. The molecule has 1 fully saturated rings. The van der Waals surface area contributed by atoms with Crippen LogP contribution in [0.5, 0.6) is 5.75 Å². The lowest BCUT2D eigenvalue weighted by Gasteiger charge is -2.33. The van der Waals surface area contributed by atoms with Crippen LogP contribution in [0.1, 0.15) is 13.8 Å². The molecule has 4 aromatic rings. The molecule has 1 saturated heterocycles. The molecule has 2 aromatic carbocycles. The molecule has 0 spiro atoms. The number of aromatic hydroxyl groups is 1. The second-order valence-corrected chi connectivity index (χ2v) is 13.5. The number of ketones is 1. The predicted molar refractivity (Wildman–Crippen MR) is 156 cm³/mol. The van der Waals surface area contributed by atoms with Crippen LogP contribution in [0.4, 0.5) is 10.3 Å². The number of carbonyl (C=O) groups excluding carboxylic acids is 2. The van der Waals surface area contributed by atoms with Crippen molar-refractivity contribution < 1.29 is 27.5 Å². The fraction of sp³-hybridized carbons (Fsp3) is 0.241. The highest BCUT2D eigenvalue weighted by atomic mass is 32.2. The van der Waals surface area contributed by atoms with E-state index >= 15 is 0 Å². The maximum Gasteiger partial charge on any atom is 0.223 e. The number of Topliss-reactive ketones (excluding diaryl/α,β-unsaturated/α-hetero) is 1. The number of aromatic nitrogens is 2. The number of halogens is 1. The summed E-state index contributed by atoms with van der Waals surface area (Å²) in [6, 6.07) is 13.9. The van der Waals surface area contributed by atoms with Crippen molar-refractivity contribution >= 4 is 39.2 Å². The molecule has 0 radical (unpaired) electrons. The highest BCUT2D eigenvalue weighted by Crippen LogP contribution is 2.38. The fourth-order valence-corrected chi connectivity index (χ4v) is 7.65. The fourth-order valence-electron chi connectivity index (χ4n) is 4.91. The van der Waals surface area contributed by atoms with E-state index in [9.17, 15) is 27.5 Å². The van der Waals surface area contributed by atoms with Gasteiger partial charge < -0.3 is 10.4 Å². The summed E-state index contributed by atoms with van der Waals surface area (Å²) in [5.74, 6) is -0.804. The Labute approximate surface area is 246 Å². The van der Waals surface area contributed by atoms with Crippen LogP contribution in [-0.4, -0.2) is 71.8 Å². The lowest BCUT2D eigenvalue weighted by atomic mass is 9.92. The number of anilines is 1. The minimum absolute atomic E-state index is 0.0290. The van der Waals surface area contributed by atoms with Gasteiger partial charge in [0.15, 0.2) is 6.29 Å². The summed E-state index contributed by atoms with van der Waals surface area (Å²) in [6.45, 7) is 5.15. The van der Waals surface area contributed by atoms with Gasteiger partial charge in [-0.05, 0) is 61.9 Å². The monoisotopic (exact) mass is 609 g/mol. The van der Waals surface area contributed by atoms with Crippen LogP contribution in [0.3, 0.4) is 0 Å². The number of aldehydes is 1. The molecular weight excluding hydrogens is 581 g/mol. The average molecular weight is 610 g/mol. The van der Waals surface area contributed by atoms with E-state index in [1.807, 2.05) is 18.7 Å². The van der Waals surface area contributed by atoms with Crippen molar-refractivity contribution in [2.24, 2.45) is 0 Å². The zero-order valence-electron chi connectivity index (χ0n) is 22.7. The van der Waals surface area contributed by atoms with Crippen molar-refractivity contribution in [1.29, 1.82) is 0 Å². The summed E-state index contributed by atoms with van der Waals surface area (Å²) >= 11 is 0.996. The highest BCUT2D eigenvalue weighted by molar-refractivity contribution is 7.93. The van der Waals surface area contributed by atoms with E-state index in [1.165, 1.54) is 30.3 Å².